The van der Waals surface area contributed by atoms with Crippen molar-refractivity contribution in [1.29, 1.82) is 5.26 Å². The van der Waals surface area contributed by atoms with E-state index in [-0.39, 0.29) is 10.7 Å². The molecule has 0 aliphatic rings. The molecule has 0 aliphatic carbocycles. The second-order valence-electron chi connectivity index (χ2n) is 6.32. The van der Waals surface area contributed by atoms with Crippen molar-refractivity contribution in [3.05, 3.63) is 105 Å². The molecule has 0 saturated heterocycles. The van der Waals surface area contributed by atoms with Crippen LogP contribution in [0.1, 0.15) is 16.7 Å². The molecule has 0 aliphatic heterocycles. The number of allylic oxidation sites excluding steroid dienone is 1. The van der Waals surface area contributed by atoms with Gasteiger partial charge in [0.25, 0.3) is 0 Å². The van der Waals surface area contributed by atoms with Crippen LogP contribution >= 0.6 is 11.6 Å². The van der Waals surface area contributed by atoms with Gasteiger partial charge < -0.3 is 4.74 Å². The van der Waals surface area contributed by atoms with Gasteiger partial charge >= 0.3 is 0 Å². The summed E-state index contributed by atoms with van der Waals surface area (Å²) in [6.45, 7) is 0.338. The predicted molar refractivity (Wildman–Crippen MR) is 115 cm³/mol. The van der Waals surface area contributed by atoms with Gasteiger partial charge in [0.05, 0.1) is 5.75 Å². The van der Waals surface area contributed by atoms with Crippen LogP contribution in [0.4, 0.5) is 0 Å². The average molecular weight is 424 g/mol. The first kappa shape index (κ1) is 20.7. The molecule has 0 fully saturated rings. The Hall–Kier alpha value is -3.07. The Labute approximate surface area is 175 Å². The fraction of sp³-hybridized carbons (Fsp3) is 0.0870. The minimum atomic E-state index is -3.82. The summed E-state index contributed by atoms with van der Waals surface area (Å²) in [4.78, 5) is -0.316. The summed E-state index contributed by atoms with van der Waals surface area (Å²) in [6, 6.07) is 25.0. The number of nitriles is 1. The van der Waals surface area contributed by atoms with Gasteiger partial charge in [-0.05, 0) is 35.4 Å². The van der Waals surface area contributed by atoms with Crippen LogP contribution in [0.5, 0.6) is 5.75 Å². The Kier molecular flexibility index (Phi) is 6.71. The number of rotatable bonds is 7. The van der Waals surface area contributed by atoms with Crippen molar-refractivity contribution < 1.29 is 13.2 Å². The number of benzene rings is 3. The zero-order valence-electron chi connectivity index (χ0n) is 15.5. The van der Waals surface area contributed by atoms with Gasteiger partial charge in [-0.2, -0.15) is 5.26 Å². The van der Waals surface area contributed by atoms with Crippen LogP contribution in [0.15, 0.2) is 83.8 Å². The van der Waals surface area contributed by atoms with Crippen LogP contribution in [0.3, 0.4) is 0 Å². The van der Waals surface area contributed by atoms with Crippen LogP contribution in [-0.2, 0) is 22.2 Å². The van der Waals surface area contributed by atoms with E-state index in [9.17, 15) is 13.7 Å². The maximum atomic E-state index is 12.7. The summed E-state index contributed by atoms with van der Waals surface area (Å²) in [7, 11) is -3.82. The molecule has 0 bridgehead atoms. The van der Waals surface area contributed by atoms with E-state index in [1.54, 1.807) is 48.5 Å². The Morgan fingerprint density at radius 1 is 0.931 bits per heavy atom. The van der Waals surface area contributed by atoms with E-state index in [1.807, 2.05) is 36.4 Å². The topological polar surface area (TPSA) is 67.2 Å². The molecule has 3 rings (SSSR count). The van der Waals surface area contributed by atoms with Crippen LogP contribution < -0.4 is 4.74 Å². The second kappa shape index (κ2) is 9.42. The number of ether oxygens (including phenoxy) is 1. The highest BCUT2D eigenvalue weighted by atomic mass is 35.5. The molecule has 0 spiro atoms. The lowest BCUT2D eigenvalue weighted by Gasteiger charge is -2.10. The highest BCUT2D eigenvalue weighted by Gasteiger charge is 2.19. The van der Waals surface area contributed by atoms with Crippen LogP contribution in [-0.4, -0.2) is 8.42 Å². The number of sulfone groups is 1. The first-order valence-electron chi connectivity index (χ1n) is 8.83. The molecule has 0 atom stereocenters. The predicted octanol–water partition coefficient (Wildman–Crippen LogP) is 5.40. The third-order valence-electron chi connectivity index (χ3n) is 4.16. The third kappa shape index (κ3) is 5.71. The zero-order chi connectivity index (χ0) is 20.7. The Morgan fingerprint density at radius 2 is 1.59 bits per heavy atom. The van der Waals surface area contributed by atoms with Crippen molar-refractivity contribution in [2.24, 2.45) is 0 Å². The highest BCUT2D eigenvalue weighted by molar-refractivity contribution is 7.95. The van der Waals surface area contributed by atoms with Crippen molar-refractivity contribution in [3.8, 4) is 11.8 Å². The van der Waals surface area contributed by atoms with Gasteiger partial charge in [-0.1, -0.05) is 72.3 Å². The Balaban J connectivity index is 1.85. The quantitative estimate of drug-likeness (QED) is 0.477. The number of nitrogens with zero attached hydrogens (tertiary/aromatic N) is 1. The maximum absolute atomic E-state index is 12.7. The molecule has 0 N–H and O–H groups in total. The monoisotopic (exact) mass is 423 g/mol. The minimum Gasteiger partial charge on any atom is -0.488 e. The van der Waals surface area contributed by atoms with Gasteiger partial charge in [0.1, 0.15) is 23.3 Å². The van der Waals surface area contributed by atoms with E-state index in [1.165, 1.54) is 6.08 Å². The van der Waals surface area contributed by atoms with Gasteiger partial charge in [-0.3, -0.25) is 0 Å². The van der Waals surface area contributed by atoms with Crippen LogP contribution in [0.2, 0.25) is 5.02 Å². The number of hydrogen-bond acceptors (Lipinski definition) is 4. The number of para-hydroxylation sites is 1. The van der Waals surface area contributed by atoms with Crippen LogP contribution in [0, 0.1) is 11.3 Å². The van der Waals surface area contributed by atoms with E-state index < -0.39 is 9.84 Å². The van der Waals surface area contributed by atoms with Gasteiger partial charge in [0.15, 0.2) is 9.84 Å². The molecule has 0 saturated carbocycles. The summed E-state index contributed by atoms with van der Waals surface area (Å²) in [5, 5.41) is 10.0. The van der Waals surface area contributed by atoms with Gasteiger partial charge in [-0.15, -0.1) is 0 Å². The van der Waals surface area contributed by atoms with Gasteiger partial charge in [0.2, 0.25) is 0 Å². The normalized spacial score (nSPS) is 11.7. The van der Waals surface area contributed by atoms with Crippen molar-refractivity contribution in [1.82, 2.24) is 0 Å². The van der Waals surface area contributed by atoms with Crippen molar-refractivity contribution >= 4 is 27.5 Å². The molecule has 0 heterocycles. The summed E-state index contributed by atoms with van der Waals surface area (Å²) in [6.07, 6.45) is 1.35. The van der Waals surface area contributed by atoms with E-state index in [2.05, 4.69) is 0 Å². The lowest BCUT2D eigenvalue weighted by atomic mass is 10.2. The van der Waals surface area contributed by atoms with E-state index >= 15 is 0 Å². The molecule has 29 heavy (non-hydrogen) atoms. The van der Waals surface area contributed by atoms with Crippen molar-refractivity contribution in [2.45, 2.75) is 12.4 Å². The SMILES string of the molecule is N#C/C(=C\c1ccccc1OCc1ccccc1)S(=O)(=O)Cc1ccc(Cl)cc1. The minimum absolute atomic E-state index is 0.281. The maximum Gasteiger partial charge on any atom is 0.192 e. The second-order valence-corrected chi connectivity index (χ2v) is 8.71. The molecule has 146 valence electrons. The summed E-state index contributed by atoms with van der Waals surface area (Å²) < 4.78 is 31.3. The first-order chi connectivity index (χ1) is 14.0. The lowest BCUT2D eigenvalue weighted by molar-refractivity contribution is 0.305. The zero-order valence-corrected chi connectivity index (χ0v) is 17.0. The highest BCUT2D eigenvalue weighted by Crippen LogP contribution is 2.25. The average Bonchev–Trinajstić information content (AvgIpc) is 2.73. The first-order valence-corrected chi connectivity index (χ1v) is 10.9. The van der Waals surface area contributed by atoms with E-state index in [0.29, 0.717) is 28.5 Å². The number of hydrogen-bond donors (Lipinski definition) is 0. The summed E-state index contributed by atoms with van der Waals surface area (Å²) >= 11 is 5.84. The molecule has 6 heteroatoms. The molecule has 3 aromatic rings. The molecule has 3 aromatic carbocycles. The van der Waals surface area contributed by atoms with Crippen LogP contribution in [0.25, 0.3) is 6.08 Å². The molecular weight excluding hydrogens is 406 g/mol. The fourth-order valence-electron chi connectivity index (χ4n) is 2.68. The van der Waals surface area contributed by atoms with Gasteiger partial charge in [0, 0.05) is 10.6 Å². The molecule has 0 aromatic heterocycles. The van der Waals surface area contributed by atoms with E-state index in [4.69, 9.17) is 16.3 Å². The molecule has 4 nitrogen and oxygen atoms in total. The lowest BCUT2D eigenvalue weighted by Crippen LogP contribution is -2.06. The molecular formula is C23H18ClNO3S. The smallest absolute Gasteiger partial charge is 0.192 e. The Bertz CT molecular complexity index is 1150. The Morgan fingerprint density at radius 3 is 2.28 bits per heavy atom. The van der Waals surface area contributed by atoms with Crippen molar-refractivity contribution in [3.63, 3.8) is 0 Å². The standard InChI is InChI=1S/C23H18ClNO3S/c24-21-12-10-19(11-13-21)17-29(26,27)22(15-25)14-20-8-4-5-9-23(20)28-16-18-6-2-1-3-7-18/h1-14H,16-17H2/b22-14+. The molecule has 0 radical (unpaired) electrons. The third-order valence-corrected chi connectivity index (χ3v) is 6.00. The molecule has 0 amide bonds. The van der Waals surface area contributed by atoms with Gasteiger partial charge in [-0.25, -0.2) is 8.42 Å². The summed E-state index contributed by atoms with van der Waals surface area (Å²) in [5.41, 5.74) is 2.07. The van der Waals surface area contributed by atoms with Crippen molar-refractivity contribution in [2.75, 3.05) is 0 Å². The molecule has 0 unspecified atom stereocenters. The fourth-order valence-corrected chi connectivity index (χ4v) is 4.04. The number of halogens is 1. The van der Waals surface area contributed by atoms with E-state index in [0.717, 1.165) is 5.56 Å². The summed E-state index contributed by atoms with van der Waals surface area (Å²) in [5.74, 6) is 0.224. The largest absolute Gasteiger partial charge is 0.488 e.